The maximum atomic E-state index is 13.5. The van der Waals surface area contributed by atoms with Gasteiger partial charge in [0.05, 0.1) is 0 Å². The highest BCUT2D eigenvalue weighted by molar-refractivity contribution is 5.47. The highest BCUT2D eigenvalue weighted by Gasteiger charge is 2.25. The molecule has 1 fully saturated rings. The van der Waals surface area contributed by atoms with E-state index in [4.69, 9.17) is 10.8 Å². The molecule has 2 heterocycles. The fourth-order valence-electron chi connectivity index (χ4n) is 2.14. The van der Waals surface area contributed by atoms with Gasteiger partial charge in [0.15, 0.2) is 23.3 Å². The van der Waals surface area contributed by atoms with Gasteiger partial charge >= 0.3 is 0 Å². The van der Waals surface area contributed by atoms with Crippen molar-refractivity contribution in [1.82, 2.24) is 4.98 Å². The van der Waals surface area contributed by atoms with E-state index in [0.29, 0.717) is 25.4 Å². The third kappa shape index (κ3) is 2.46. The number of nitrogens with two attached hydrogens (primary N) is 1. The predicted molar refractivity (Wildman–Crippen MR) is 60.6 cm³/mol. The second kappa shape index (κ2) is 4.83. The van der Waals surface area contributed by atoms with Crippen molar-refractivity contribution in [3.8, 4) is 0 Å². The Morgan fingerprint density at radius 1 is 1.47 bits per heavy atom. The third-order valence-corrected chi connectivity index (χ3v) is 3.06. The van der Waals surface area contributed by atoms with Crippen LogP contribution in [0.5, 0.6) is 0 Å². The number of rotatable bonds is 3. The first-order chi connectivity index (χ1) is 8.11. The van der Waals surface area contributed by atoms with Crippen molar-refractivity contribution in [3.05, 3.63) is 17.7 Å². The Labute approximate surface area is 98.1 Å². The van der Waals surface area contributed by atoms with Crippen LogP contribution in [0.25, 0.3) is 0 Å². The SMILES string of the molecule is Nc1nc(N2CCC(CCO)C2)c(F)cc1F. The van der Waals surface area contributed by atoms with E-state index in [0.717, 1.165) is 12.5 Å². The van der Waals surface area contributed by atoms with E-state index in [9.17, 15) is 8.78 Å². The minimum atomic E-state index is -0.836. The number of aliphatic hydroxyl groups excluding tert-OH is 1. The van der Waals surface area contributed by atoms with Crippen LogP contribution in [0.4, 0.5) is 20.4 Å². The zero-order valence-electron chi connectivity index (χ0n) is 9.37. The number of anilines is 2. The molecule has 0 amide bonds. The third-order valence-electron chi connectivity index (χ3n) is 3.06. The van der Waals surface area contributed by atoms with Crippen LogP contribution >= 0.6 is 0 Å². The summed E-state index contributed by atoms with van der Waals surface area (Å²) in [6.07, 6.45) is 1.56. The van der Waals surface area contributed by atoms with Crippen LogP contribution in [0, 0.1) is 17.6 Å². The van der Waals surface area contributed by atoms with Crippen LogP contribution in [0.2, 0.25) is 0 Å². The molecule has 0 spiro atoms. The van der Waals surface area contributed by atoms with Gasteiger partial charge in [-0.2, -0.15) is 0 Å². The van der Waals surface area contributed by atoms with Crippen molar-refractivity contribution < 1.29 is 13.9 Å². The maximum Gasteiger partial charge on any atom is 0.168 e. The van der Waals surface area contributed by atoms with Gasteiger partial charge in [0, 0.05) is 25.8 Å². The summed E-state index contributed by atoms with van der Waals surface area (Å²) >= 11 is 0. The number of nitrogen functional groups attached to an aromatic ring is 1. The van der Waals surface area contributed by atoms with Gasteiger partial charge in [-0.3, -0.25) is 0 Å². The Morgan fingerprint density at radius 2 is 2.24 bits per heavy atom. The quantitative estimate of drug-likeness (QED) is 0.836. The largest absolute Gasteiger partial charge is 0.396 e. The molecule has 1 unspecified atom stereocenters. The normalized spacial score (nSPS) is 19.9. The van der Waals surface area contributed by atoms with Gasteiger partial charge in [-0.25, -0.2) is 13.8 Å². The van der Waals surface area contributed by atoms with E-state index in [1.807, 2.05) is 0 Å². The van der Waals surface area contributed by atoms with Gasteiger partial charge in [0.25, 0.3) is 0 Å². The molecule has 1 aromatic heterocycles. The lowest BCUT2D eigenvalue weighted by molar-refractivity contribution is 0.263. The first kappa shape index (κ1) is 12.0. The molecule has 1 saturated heterocycles. The summed E-state index contributed by atoms with van der Waals surface area (Å²) in [6.45, 7) is 1.40. The molecule has 2 rings (SSSR count). The number of hydrogen-bond acceptors (Lipinski definition) is 4. The summed E-state index contributed by atoms with van der Waals surface area (Å²) < 4.78 is 26.5. The van der Waals surface area contributed by atoms with E-state index >= 15 is 0 Å². The van der Waals surface area contributed by atoms with Crippen molar-refractivity contribution in [3.63, 3.8) is 0 Å². The second-order valence-corrected chi connectivity index (χ2v) is 4.27. The van der Waals surface area contributed by atoms with Gasteiger partial charge in [-0.15, -0.1) is 0 Å². The van der Waals surface area contributed by atoms with Crippen LogP contribution in [-0.2, 0) is 0 Å². The molecule has 0 bridgehead atoms. The minimum Gasteiger partial charge on any atom is -0.396 e. The van der Waals surface area contributed by atoms with Crippen LogP contribution in [0.15, 0.2) is 6.07 Å². The molecule has 0 saturated carbocycles. The predicted octanol–water partition coefficient (Wildman–Crippen LogP) is 1.15. The van der Waals surface area contributed by atoms with Gasteiger partial charge in [-0.1, -0.05) is 0 Å². The molecule has 3 N–H and O–H groups in total. The Kier molecular flexibility index (Phi) is 3.42. The molecular weight excluding hydrogens is 228 g/mol. The Hall–Kier alpha value is -1.43. The molecule has 1 aliphatic rings. The van der Waals surface area contributed by atoms with Crippen molar-refractivity contribution in [2.75, 3.05) is 30.3 Å². The molecule has 0 aliphatic carbocycles. The van der Waals surface area contributed by atoms with E-state index < -0.39 is 11.6 Å². The summed E-state index contributed by atoms with van der Waals surface area (Å²) in [5.41, 5.74) is 5.33. The lowest BCUT2D eigenvalue weighted by Gasteiger charge is -2.18. The molecule has 94 valence electrons. The average Bonchev–Trinajstić information content (AvgIpc) is 2.72. The highest BCUT2D eigenvalue weighted by Crippen LogP contribution is 2.27. The fraction of sp³-hybridized carbons (Fsp3) is 0.545. The van der Waals surface area contributed by atoms with Crippen LogP contribution in [0.1, 0.15) is 12.8 Å². The van der Waals surface area contributed by atoms with Crippen molar-refractivity contribution in [2.45, 2.75) is 12.8 Å². The summed E-state index contributed by atoms with van der Waals surface area (Å²) in [5, 5.41) is 8.84. The van der Waals surface area contributed by atoms with E-state index in [1.54, 1.807) is 4.90 Å². The van der Waals surface area contributed by atoms with E-state index in [-0.39, 0.29) is 18.2 Å². The van der Waals surface area contributed by atoms with E-state index in [1.165, 1.54) is 0 Å². The number of halogens is 2. The fourth-order valence-corrected chi connectivity index (χ4v) is 2.14. The summed E-state index contributed by atoms with van der Waals surface area (Å²) in [7, 11) is 0. The summed E-state index contributed by atoms with van der Waals surface area (Å²) in [5.74, 6) is -1.39. The standard InChI is InChI=1S/C11H15F2N3O/c12-8-5-9(13)11(15-10(8)14)16-3-1-7(6-16)2-4-17/h5,7,17H,1-4,6H2,(H2,14,15). The van der Waals surface area contributed by atoms with Crippen molar-refractivity contribution in [2.24, 2.45) is 5.92 Å². The highest BCUT2D eigenvalue weighted by atomic mass is 19.1. The molecule has 1 atom stereocenters. The molecule has 0 radical (unpaired) electrons. The monoisotopic (exact) mass is 243 g/mol. The van der Waals surface area contributed by atoms with E-state index in [2.05, 4.69) is 4.98 Å². The Balaban J connectivity index is 2.16. The van der Waals surface area contributed by atoms with Gasteiger partial charge in [0.1, 0.15) is 0 Å². The number of aromatic nitrogens is 1. The van der Waals surface area contributed by atoms with Crippen molar-refractivity contribution in [1.29, 1.82) is 0 Å². The lowest BCUT2D eigenvalue weighted by atomic mass is 10.1. The van der Waals surface area contributed by atoms with Crippen LogP contribution in [-0.4, -0.2) is 29.8 Å². The Morgan fingerprint density at radius 3 is 2.94 bits per heavy atom. The Bertz CT molecular complexity index is 414. The number of aliphatic hydroxyl groups is 1. The first-order valence-electron chi connectivity index (χ1n) is 5.59. The second-order valence-electron chi connectivity index (χ2n) is 4.27. The molecule has 4 nitrogen and oxygen atoms in total. The molecule has 17 heavy (non-hydrogen) atoms. The van der Waals surface area contributed by atoms with Crippen LogP contribution in [0.3, 0.4) is 0 Å². The smallest absolute Gasteiger partial charge is 0.168 e. The molecule has 1 aromatic rings. The van der Waals surface area contributed by atoms with Crippen LogP contribution < -0.4 is 10.6 Å². The molecule has 1 aliphatic heterocycles. The maximum absolute atomic E-state index is 13.5. The number of pyridine rings is 1. The van der Waals surface area contributed by atoms with Gasteiger partial charge in [-0.05, 0) is 18.8 Å². The summed E-state index contributed by atoms with van der Waals surface area (Å²) in [6, 6.07) is 0.761. The lowest BCUT2D eigenvalue weighted by Crippen LogP contribution is -2.23. The molecular formula is C11H15F2N3O. The number of nitrogens with zero attached hydrogens (tertiary/aromatic N) is 2. The molecule has 6 heteroatoms. The minimum absolute atomic E-state index is 0.101. The number of hydrogen-bond donors (Lipinski definition) is 2. The van der Waals surface area contributed by atoms with Crippen molar-refractivity contribution >= 4 is 11.6 Å². The zero-order chi connectivity index (χ0) is 12.4. The first-order valence-corrected chi connectivity index (χ1v) is 5.59. The average molecular weight is 243 g/mol. The van der Waals surface area contributed by atoms with Gasteiger partial charge in [0.2, 0.25) is 0 Å². The summed E-state index contributed by atoms with van der Waals surface area (Å²) in [4.78, 5) is 5.48. The van der Waals surface area contributed by atoms with Gasteiger partial charge < -0.3 is 15.7 Å². The zero-order valence-corrected chi connectivity index (χ0v) is 9.37. The topological polar surface area (TPSA) is 62.4 Å². The molecule has 0 aromatic carbocycles.